The third kappa shape index (κ3) is 13.4. The van der Waals surface area contributed by atoms with E-state index in [2.05, 4.69) is 10.6 Å². The number of carboxylic acid groups (broad SMARTS) is 1. The van der Waals surface area contributed by atoms with E-state index in [1.165, 1.54) is 11.3 Å². The van der Waals surface area contributed by atoms with Gasteiger partial charge in [-0.15, -0.1) is 11.3 Å². The number of benzene rings is 1. The van der Waals surface area contributed by atoms with Crippen LogP contribution >= 0.6 is 11.3 Å². The Morgan fingerprint density at radius 1 is 1.06 bits per heavy atom. The molecule has 13 heteroatoms. The second-order valence-electron chi connectivity index (χ2n) is 15.8. The van der Waals surface area contributed by atoms with Crippen LogP contribution in [-0.4, -0.2) is 107 Å². The van der Waals surface area contributed by atoms with Gasteiger partial charge in [0.05, 0.1) is 23.7 Å². The number of carbonyl (C=O) groups is 4. The number of amides is 3. The number of piperidine rings is 1. The number of thiazole rings is 1. The van der Waals surface area contributed by atoms with Gasteiger partial charge in [0.2, 0.25) is 11.8 Å². The summed E-state index contributed by atoms with van der Waals surface area (Å²) in [5.74, 6) is -2.35. The van der Waals surface area contributed by atoms with Crippen LogP contribution in [0.3, 0.4) is 0 Å². The maximum Gasteiger partial charge on any atom is 0.306 e. The molecular weight excluding hydrogens is 695 g/mol. The number of rotatable bonds is 19. The van der Waals surface area contributed by atoms with Gasteiger partial charge in [-0.3, -0.25) is 24.1 Å². The molecule has 3 rings (SSSR count). The van der Waals surface area contributed by atoms with Crippen molar-refractivity contribution in [2.45, 2.75) is 136 Å². The van der Waals surface area contributed by atoms with Crippen LogP contribution in [0.5, 0.6) is 0 Å². The van der Waals surface area contributed by atoms with Crippen LogP contribution in [0.4, 0.5) is 0 Å². The van der Waals surface area contributed by atoms with Crippen molar-refractivity contribution in [3.63, 3.8) is 0 Å². The first kappa shape index (κ1) is 44.0. The molecule has 1 aromatic carbocycles. The molecule has 2 heterocycles. The first-order valence-corrected chi connectivity index (χ1v) is 19.9. The number of nitrogens with zero attached hydrogens (tertiary/aromatic N) is 3. The number of likely N-dealkylation sites (N-methyl/N-ethyl adjacent to an activating group) is 2. The highest BCUT2D eigenvalue weighted by Crippen LogP contribution is 2.31. The maximum absolute atomic E-state index is 14.4. The SMILES string of the molecule is CCO[C@H](C[C@H](C(C)C)N(C)C(=O)[C@@H](NC(=O)C1CCCCN1C)[C@H](C)OC(C)(C)C)c1nc(C(=O)N[C@@H](Cc2ccccc2)C[C@H](C)C(=O)O)cs1. The first-order chi connectivity index (χ1) is 24.9. The maximum atomic E-state index is 14.4. The molecule has 1 aliphatic rings. The number of hydrogen-bond acceptors (Lipinski definition) is 9. The van der Waals surface area contributed by atoms with E-state index in [1.54, 1.807) is 24.3 Å². The Hall–Kier alpha value is -3.39. The monoisotopic (exact) mass is 757 g/mol. The summed E-state index contributed by atoms with van der Waals surface area (Å²) in [5.41, 5.74) is 0.683. The summed E-state index contributed by atoms with van der Waals surface area (Å²) >= 11 is 1.32. The third-order valence-corrected chi connectivity index (χ3v) is 10.8. The molecule has 2 aromatic rings. The molecular formula is C40H63N5O7S. The van der Waals surface area contributed by atoms with E-state index < -0.39 is 41.8 Å². The van der Waals surface area contributed by atoms with Crippen LogP contribution in [0.15, 0.2) is 35.7 Å². The second kappa shape index (κ2) is 20.3. The zero-order chi connectivity index (χ0) is 39.5. The molecule has 3 N–H and O–H groups in total. The molecule has 0 radical (unpaired) electrons. The van der Waals surface area contributed by atoms with Crippen molar-refractivity contribution >= 4 is 35.0 Å². The van der Waals surface area contributed by atoms with Crippen LogP contribution in [0.1, 0.15) is 115 Å². The van der Waals surface area contributed by atoms with Gasteiger partial charge < -0.3 is 30.1 Å². The molecule has 1 aromatic heterocycles. The van der Waals surface area contributed by atoms with Crippen molar-refractivity contribution in [1.82, 2.24) is 25.4 Å². The molecule has 1 unspecified atom stereocenters. The van der Waals surface area contributed by atoms with Gasteiger partial charge in [0.15, 0.2) is 0 Å². The standard InChI is InChI=1S/C40H63N5O7S/c1-11-51-33(37-42-30(24-53-37)35(46)41-29(21-26(4)39(49)50)22-28-17-13-12-14-18-28)23-32(25(2)3)45(10)38(48)34(27(5)52-40(6,7)8)43-36(47)31-19-15-16-20-44(31)9/h12-14,17-18,24-27,29,31-34H,11,15-16,19-23H2,1-10H3,(H,41,46)(H,43,47)(H,49,50)/t26-,27-,29+,31?,32+,33+,34-/m0/s1. The summed E-state index contributed by atoms with van der Waals surface area (Å²) in [7, 11) is 3.71. The number of aliphatic carboxylic acids is 1. The summed E-state index contributed by atoms with van der Waals surface area (Å²) in [5, 5.41) is 18.0. The van der Waals surface area contributed by atoms with Crippen molar-refractivity contribution in [2.24, 2.45) is 11.8 Å². The number of carboxylic acids is 1. The molecule has 0 aliphatic carbocycles. The predicted octanol–water partition coefficient (Wildman–Crippen LogP) is 5.72. The second-order valence-corrected chi connectivity index (χ2v) is 16.6. The summed E-state index contributed by atoms with van der Waals surface area (Å²) in [6.45, 7) is 16.5. The molecule has 0 spiro atoms. The van der Waals surface area contributed by atoms with Crippen LogP contribution < -0.4 is 10.6 Å². The number of aromatic nitrogens is 1. The van der Waals surface area contributed by atoms with E-state index in [-0.39, 0.29) is 47.8 Å². The lowest BCUT2D eigenvalue weighted by atomic mass is 9.95. The highest BCUT2D eigenvalue weighted by Gasteiger charge is 2.39. The van der Waals surface area contributed by atoms with E-state index in [9.17, 15) is 24.3 Å². The predicted molar refractivity (Wildman–Crippen MR) is 208 cm³/mol. The van der Waals surface area contributed by atoms with Gasteiger partial charge in [0, 0.05) is 37.5 Å². The zero-order valence-corrected chi connectivity index (χ0v) is 34.2. The fourth-order valence-electron chi connectivity index (χ4n) is 7.00. The molecule has 1 saturated heterocycles. The minimum absolute atomic E-state index is 0.0178. The largest absolute Gasteiger partial charge is 0.481 e. The van der Waals surface area contributed by atoms with E-state index in [1.807, 2.05) is 90.7 Å². The third-order valence-electron chi connectivity index (χ3n) is 9.83. The Kier molecular flexibility index (Phi) is 16.9. The lowest BCUT2D eigenvalue weighted by Gasteiger charge is -2.39. The molecule has 3 amide bonds. The molecule has 296 valence electrons. The normalized spacial score (nSPS) is 18.7. The van der Waals surface area contributed by atoms with Crippen molar-refractivity contribution in [1.29, 1.82) is 0 Å². The summed E-state index contributed by atoms with van der Waals surface area (Å²) < 4.78 is 12.5. The lowest BCUT2D eigenvalue weighted by molar-refractivity contribution is -0.148. The molecule has 53 heavy (non-hydrogen) atoms. The molecule has 12 nitrogen and oxygen atoms in total. The number of carbonyl (C=O) groups excluding carboxylic acids is 3. The molecule has 1 aliphatic heterocycles. The summed E-state index contributed by atoms with van der Waals surface area (Å²) in [4.78, 5) is 61.7. The highest BCUT2D eigenvalue weighted by molar-refractivity contribution is 7.09. The molecule has 0 saturated carbocycles. The van der Waals surface area contributed by atoms with Gasteiger partial charge in [-0.2, -0.15) is 0 Å². The van der Waals surface area contributed by atoms with Gasteiger partial charge in [-0.25, -0.2) is 4.98 Å². The summed E-state index contributed by atoms with van der Waals surface area (Å²) in [6.07, 6.45) is 2.80. The minimum Gasteiger partial charge on any atom is -0.481 e. The van der Waals surface area contributed by atoms with E-state index in [0.717, 1.165) is 31.4 Å². The van der Waals surface area contributed by atoms with Gasteiger partial charge in [0.1, 0.15) is 22.8 Å². The van der Waals surface area contributed by atoms with E-state index >= 15 is 0 Å². The van der Waals surface area contributed by atoms with Crippen LogP contribution in [0.25, 0.3) is 0 Å². The van der Waals surface area contributed by atoms with Crippen LogP contribution in [-0.2, 0) is 30.3 Å². The lowest BCUT2D eigenvalue weighted by Crippen LogP contribution is -2.60. The Morgan fingerprint density at radius 2 is 1.74 bits per heavy atom. The fourth-order valence-corrected chi connectivity index (χ4v) is 7.86. The molecule has 1 fully saturated rings. The number of ether oxygens (including phenoxy) is 2. The Labute approximate surface area is 320 Å². The average Bonchev–Trinajstić information content (AvgIpc) is 3.58. The van der Waals surface area contributed by atoms with Crippen molar-refractivity contribution in [2.75, 3.05) is 27.2 Å². The van der Waals surface area contributed by atoms with E-state index in [4.69, 9.17) is 14.5 Å². The smallest absolute Gasteiger partial charge is 0.306 e. The number of nitrogens with one attached hydrogen (secondary N) is 2. The fraction of sp³-hybridized carbons (Fsp3) is 0.675. The Balaban J connectivity index is 1.82. The Bertz CT molecular complexity index is 1480. The first-order valence-electron chi connectivity index (χ1n) is 19.0. The topological polar surface area (TPSA) is 150 Å². The quantitative estimate of drug-likeness (QED) is 0.164. The van der Waals surface area contributed by atoms with Crippen molar-refractivity contribution in [3.8, 4) is 0 Å². The average molecular weight is 758 g/mol. The summed E-state index contributed by atoms with van der Waals surface area (Å²) in [6, 6.07) is 7.72. The minimum atomic E-state index is -0.919. The van der Waals surface area contributed by atoms with Gasteiger partial charge in [0.25, 0.3) is 5.91 Å². The Morgan fingerprint density at radius 3 is 2.32 bits per heavy atom. The van der Waals surface area contributed by atoms with E-state index in [0.29, 0.717) is 24.5 Å². The van der Waals surface area contributed by atoms with Crippen LogP contribution in [0.2, 0.25) is 0 Å². The van der Waals surface area contributed by atoms with Gasteiger partial charge in [-0.1, -0.05) is 57.5 Å². The highest BCUT2D eigenvalue weighted by atomic mass is 32.1. The van der Waals surface area contributed by atoms with Gasteiger partial charge >= 0.3 is 5.97 Å². The van der Waals surface area contributed by atoms with Gasteiger partial charge in [-0.05, 0) is 85.4 Å². The number of hydrogen-bond donors (Lipinski definition) is 3. The van der Waals surface area contributed by atoms with Crippen molar-refractivity contribution in [3.05, 3.63) is 52.0 Å². The van der Waals surface area contributed by atoms with Crippen molar-refractivity contribution < 1.29 is 33.8 Å². The zero-order valence-electron chi connectivity index (χ0n) is 33.4. The van der Waals surface area contributed by atoms with Crippen LogP contribution in [0, 0.1) is 11.8 Å². The molecule has 7 atom stereocenters. The molecule has 0 bridgehead atoms. The number of likely N-dealkylation sites (tertiary alicyclic amines) is 1.